The van der Waals surface area contributed by atoms with E-state index in [0.29, 0.717) is 18.1 Å². The maximum absolute atomic E-state index is 11.3. The largest absolute Gasteiger partial charge is 0.489 e. The molecule has 4 aromatic rings. The number of aromatic nitrogens is 1. The number of benzene rings is 2. The highest BCUT2D eigenvalue weighted by atomic mass is 16.5. The standard InChI is InChI=1S/C25H23NO5/c1-16-3-5-19(6-4-16)24-13-20(17(2)31-24)15-29-21-9-7-18(8-10-21)22(14-25(27)28)23-11-12-30-26-23/h3-13,22H,14-15H2,1-2H3,(H,27,28)/t22-/m0/s1. The fourth-order valence-corrected chi connectivity index (χ4v) is 3.45. The Balaban J connectivity index is 1.45. The Morgan fingerprint density at radius 1 is 1.06 bits per heavy atom. The van der Waals surface area contributed by atoms with E-state index in [2.05, 4.69) is 24.2 Å². The van der Waals surface area contributed by atoms with Crippen LogP contribution in [-0.2, 0) is 11.4 Å². The van der Waals surface area contributed by atoms with Gasteiger partial charge in [0, 0.05) is 23.1 Å². The summed E-state index contributed by atoms with van der Waals surface area (Å²) in [6.07, 6.45) is 1.38. The van der Waals surface area contributed by atoms with E-state index in [9.17, 15) is 9.90 Å². The number of carbonyl (C=O) groups is 1. The second-order valence-corrected chi connectivity index (χ2v) is 7.49. The fourth-order valence-electron chi connectivity index (χ4n) is 3.45. The van der Waals surface area contributed by atoms with Crippen molar-refractivity contribution in [1.82, 2.24) is 5.16 Å². The van der Waals surface area contributed by atoms with Crippen LogP contribution in [0.5, 0.6) is 5.75 Å². The molecule has 1 N–H and O–H groups in total. The number of rotatable bonds is 8. The molecule has 0 radical (unpaired) electrons. The lowest BCUT2D eigenvalue weighted by atomic mass is 9.92. The number of hydrogen-bond donors (Lipinski definition) is 1. The molecule has 6 nitrogen and oxygen atoms in total. The van der Waals surface area contributed by atoms with E-state index in [4.69, 9.17) is 13.7 Å². The molecule has 158 valence electrons. The highest BCUT2D eigenvalue weighted by molar-refractivity contribution is 5.69. The predicted molar refractivity (Wildman–Crippen MR) is 115 cm³/mol. The van der Waals surface area contributed by atoms with Crippen molar-refractivity contribution in [3.8, 4) is 17.1 Å². The van der Waals surface area contributed by atoms with Gasteiger partial charge in [-0.3, -0.25) is 4.79 Å². The lowest BCUT2D eigenvalue weighted by Crippen LogP contribution is -2.08. The van der Waals surface area contributed by atoms with Crippen LogP contribution in [0, 0.1) is 13.8 Å². The van der Waals surface area contributed by atoms with Crippen LogP contribution in [0.4, 0.5) is 0 Å². The Morgan fingerprint density at radius 2 is 1.81 bits per heavy atom. The van der Waals surface area contributed by atoms with Gasteiger partial charge in [-0.25, -0.2) is 0 Å². The van der Waals surface area contributed by atoms with Crippen molar-refractivity contribution in [2.45, 2.75) is 32.8 Å². The average molecular weight is 417 g/mol. The number of ether oxygens (including phenoxy) is 1. The summed E-state index contributed by atoms with van der Waals surface area (Å²) in [4.78, 5) is 11.3. The molecule has 0 amide bonds. The monoisotopic (exact) mass is 417 g/mol. The summed E-state index contributed by atoms with van der Waals surface area (Å²) in [5.41, 5.74) is 4.64. The zero-order valence-corrected chi connectivity index (χ0v) is 17.4. The second-order valence-electron chi connectivity index (χ2n) is 7.49. The van der Waals surface area contributed by atoms with Gasteiger partial charge in [0.15, 0.2) is 0 Å². The van der Waals surface area contributed by atoms with Crippen LogP contribution < -0.4 is 4.74 Å². The Bertz CT molecular complexity index is 1140. The molecule has 31 heavy (non-hydrogen) atoms. The number of carboxylic acids is 1. The van der Waals surface area contributed by atoms with E-state index in [0.717, 1.165) is 28.2 Å². The maximum atomic E-state index is 11.3. The van der Waals surface area contributed by atoms with Crippen molar-refractivity contribution in [1.29, 1.82) is 0 Å². The molecule has 2 heterocycles. The van der Waals surface area contributed by atoms with Gasteiger partial charge in [-0.1, -0.05) is 47.1 Å². The third-order valence-corrected chi connectivity index (χ3v) is 5.23. The molecular weight excluding hydrogens is 394 g/mol. The third-order valence-electron chi connectivity index (χ3n) is 5.23. The summed E-state index contributed by atoms with van der Waals surface area (Å²) >= 11 is 0. The van der Waals surface area contributed by atoms with Gasteiger partial charge in [-0.05, 0) is 37.6 Å². The SMILES string of the molecule is Cc1ccc(-c2cc(COc3ccc([C@H](CC(=O)O)c4ccon4)cc3)c(C)o2)cc1. The molecule has 1 atom stereocenters. The van der Waals surface area contributed by atoms with E-state index >= 15 is 0 Å². The molecule has 0 aliphatic heterocycles. The Morgan fingerprint density at radius 3 is 2.45 bits per heavy atom. The zero-order valence-electron chi connectivity index (χ0n) is 17.4. The normalized spacial score (nSPS) is 11.9. The van der Waals surface area contributed by atoms with Gasteiger partial charge in [-0.2, -0.15) is 0 Å². The fraction of sp³-hybridized carbons (Fsp3) is 0.200. The molecular formula is C25H23NO5. The van der Waals surface area contributed by atoms with Crippen LogP contribution in [0.25, 0.3) is 11.3 Å². The first-order chi connectivity index (χ1) is 15.0. The van der Waals surface area contributed by atoms with E-state index in [1.54, 1.807) is 6.07 Å². The van der Waals surface area contributed by atoms with Crippen molar-refractivity contribution in [2.24, 2.45) is 0 Å². The zero-order chi connectivity index (χ0) is 21.8. The number of aliphatic carboxylic acids is 1. The van der Waals surface area contributed by atoms with Crippen molar-refractivity contribution < 1.29 is 23.6 Å². The van der Waals surface area contributed by atoms with Gasteiger partial charge in [0.1, 0.15) is 30.1 Å². The smallest absolute Gasteiger partial charge is 0.304 e. The molecule has 0 saturated carbocycles. The van der Waals surface area contributed by atoms with E-state index < -0.39 is 5.97 Å². The Hall–Kier alpha value is -3.80. The molecule has 0 aliphatic rings. The summed E-state index contributed by atoms with van der Waals surface area (Å²) < 4.78 is 16.7. The molecule has 2 aromatic heterocycles. The van der Waals surface area contributed by atoms with Gasteiger partial charge in [0.05, 0.1) is 12.1 Å². The Labute approximate surface area is 180 Å². The van der Waals surface area contributed by atoms with Crippen LogP contribution >= 0.6 is 0 Å². The van der Waals surface area contributed by atoms with E-state index in [-0.39, 0.29) is 12.3 Å². The summed E-state index contributed by atoms with van der Waals surface area (Å²) in [7, 11) is 0. The number of nitrogens with zero attached hydrogens (tertiary/aromatic N) is 1. The predicted octanol–water partition coefficient (Wildman–Crippen LogP) is 5.74. The molecule has 0 saturated heterocycles. The molecule has 6 heteroatoms. The van der Waals surface area contributed by atoms with Crippen LogP contribution in [-0.4, -0.2) is 16.2 Å². The van der Waals surface area contributed by atoms with Gasteiger partial charge >= 0.3 is 5.97 Å². The number of carboxylic acid groups (broad SMARTS) is 1. The summed E-state index contributed by atoms with van der Waals surface area (Å²) in [6, 6.07) is 19.3. The summed E-state index contributed by atoms with van der Waals surface area (Å²) in [5.74, 6) is 1.05. The minimum atomic E-state index is -0.895. The first-order valence-electron chi connectivity index (χ1n) is 10.0. The lowest BCUT2D eigenvalue weighted by Gasteiger charge is -2.13. The highest BCUT2D eigenvalue weighted by Crippen LogP contribution is 2.30. The minimum Gasteiger partial charge on any atom is -0.489 e. The lowest BCUT2D eigenvalue weighted by molar-refractivity contribution is -0.137. The van der Waals surface area contributed by atoms with Crippen LogP contribution in [0.1, 0.15) is 40.5 Å². The topological polar surface area (TPSA) is 85.7 Å². The number of aryl methyl sites for hydroxylation is 2. The average Bonchev–Trinajstić information content (AvgIpc) is 3.41. The van der Waals surface area contributed by atoms with Crippen molar-refractivity contribution in [3.05, 3.63) is 95.1 Å². The molecule has 2 aromatic carbocycles. The second kappa shape index (κ2) is 8.92. The summed E-state index contributed by atoms with van der Waals surface area (Å²) in [6.45, 7) is 4.35. The molecule has 0 fully saturated rings. The molecule has 0 spiro atoms. The number of furan rings is 1. The summed E-state index contributed by atoms with van der Waals surface area (Å²) in [5, 5.41) is 13.1. The third kappa shape index (κ3) is 4.86. The molecule has 0 bridgehead atoms. The van der Waals surface area contributed by atoms with Crippen LogP contribution in [0.2, 0.25) is 0 Å². The molecule has 4 rings (SSSR count). The van der Waals surface area contributed by atoms with Crippen molar-refractivity contribution >= 4 is 5.97 Å². The minimum absolute atomic E-state index is 0.0667. The van der Waals surface area contributed by atoms with E-state index in [1.165, 1.54) is 11.8 Å². The van der Waals surface area contributed by atoms with Gasteiger partial charge < -0.3 is 18.8 Å². The van der Waals surface area contributed by atoms with Crippen molar-refractivity contribution in [3.63, 3.8) is 0 Å². The van der Waals surface area contributed by atoms with Crippen LogP contribution in [0.3, 0.4) is 0 Å². The van der Waals surface area contributed by atoms with Gasteiger partial charge in [-0.15, -0.1) is 0 Å². The van der Waals surface area contributed by atoms with Crippen LogP contribution in [0.15, 0.2) is 75.9 Å². The number of hydrogen-bond acceptors (Lipinski definition) is 5. The molecule has 0 aliphatic carbocycles. The Kier molecular flexibility index (Phi) is 5.89. The van der Waals surface area contributed by atoms with Gasteiger partial charge in [0.2, 0.25) is 0 Å². The van der Waals surface area contributed by atoms with E-state index in [1.807, 2.05) is 49.4 Å². The first-order valence-corrected chi connectivity index (χ1v) is 10.0. The molecule has 0 unspecified atom stereocenters. The maximum Gasteiger partial charge on any atom is 0.304 e. The first kappa shape index (κ1) is 20.5. The van der Waals surface area contributed by atoms with Crippen molar-refractivity contribution in [2.75, 3.05) is 0 Å². The van der Waals surface area contributed by atoms with Gasteiger partial charge in [0.25, 0.3) is 0 Å². The quantitative estimate of drug-likeness (QED) is 0.394. The highest BCUT2D eigenvalue weighted by Gasteiger charge is 2.20.